The molecule has 0 saturated carbocycles. The second kappa shape index (κ2) is 17.5. The van der Waals surface area contributed by atoms with E-state index in [1.165, 1.54) is 11.4 Å². The van der Waals surface area contributed by atoms with E-state index in [0.717, 1.165) is 5.56 Å². The molecule has 0 unspecified atom stereocenters. The topological polar surface area (TPSA) is 171 Å². The van der Waals surface area contributed by atoms with Gasteiger partial charge in [-0.1, -0.05) is 43.2 Å². The third-order valence-electron chi connectivity index (χ3n) is 8.91. The first-order chi connectivity index (χ1) is 23.8. The third-order valence-corrected chi connectivity index (χ3v) is 10.7. The van der Waals surface area contributed by atoms with Crippen molar-refractivity contribution in [2.45, 2.75) is 76.3 Å². The Morgan fingerprint density at radius 3 is 2.34 bits per heavy atom. The Morgan fingerprint density at radius 1 is 1.02 bits per heavy atom. The molecule has 3 aromatic carbocycles. The molecular weight excluding hydrogens is 659 g/mol. The molecule has 270 valence electrons. The predicted octanol–water partition coefficient (Wildman–Crippen LogP) is 4.57. The monoisotopic (exact) mass is 707 g/mol. The summed E-state index contributed by atoms with van der Waals surface area (Å²) >= 11 is 0. The molecule has 3 aromatic rings. The van der Waals surface area contributed by atoms with Crippen LogP contribution < -0.4 is 21.1 Å². The number of aliphatic hydroxyl groups excluding tert-OH is 1. The van der Waals surface area contributed by atoms with Gasteiger partial charge in [0.05, 0.1) is 41.9 Å². The zero-order valence-corrected chi connectivity index (χ0v) is 30.0. The number of benzene rings is 3. The Hall–Kier alpha value is -4.46. The highest BCUT2D eigenvalue weighted by molar-refractivity contribution is 7.89. The summed E-state index contributed by atoms with van der Waals surface area (Å²) in [5, 5.41) is 15.6. The molecule has 1 heterocycles. The Kier molecular flexibility index (Phi) is 13.4. The highest BCUT2D eigenvalue weighted by atomic mass is 32.2. The van der Waals surface area contributed by atoms with Crippen LogP contribution in [-0.4, -0.2) is 79.3 Å². The highest BCUT2D eigenvalue weighted by Crippen LogP contribution is 2.30. The van der Waals surface area contributed by atoms with E-state index < -0.39 is 22.2 Å². The number of carbonyl (C=O) groups excluding carboxylic acids is 3. The second-order valence-electron chi connectivity index (χ2n) is 13.1. The van der Waals surface area contributed by atoms with Gasteiger partial charge in [0, 0.05) is 43.6 Å². The van der Waals surface area contributed by atoms with E-state index in [1.807, 2.05) is 13.8 Å². The molecule has 12 nitrogen and oxygen atoms in total. The second-order valence-corrected chi connectivity index (χ2v) is 15.1. The van der Waals surface area contributed by atoms with Crippen LogP contribution in [0.25, 0.3) is 0 Å². The fraction of sp³-hybridized carbons (Fsp3) is 0.432. The Labute approximate surface area is 295 Å². The molecule has 1 aliphatic heterocycles. The number of unbranched alkanes of at least 4 members (excludes halogenated alkanes) is 2. The number of ether oxygens (including phenoxy) is 1. The smallest absolute Gasteiger partial charge is 0.242 e. The maximum absolute atomic E-state index is 13.6. The molecule has 4 rings (SSSR count). The number of aliphatic hydroxyl groups is 1. The first-order valence-electron chi connectivity index (χ1n) is 17.0. The number of nitrogens with zero attached hydrogens (tertiary/aromatic N) is 2. The van der Waals surface area contributed by atoms with Crippen LogP contribution in [0, 0.1) is 12.8 Å². The average molecular weight is 708 g/mol. The molecule has 3 atom stereocenters. The summed E-state index contributed by atoms with van der Waals surface area (Å²) in [6.07, 6.45) is 1.79. The maximum Gasteiger partial charge on any atom is 0.242 e. The van der Waals surface area contributed by atoms with Crippen LogP contribution in [0.15, 0.2) is 71.6 Å². The van der Waals surface area contributed by atoms with Crippen molar-refractivity contribution >= 4 is 44.8 Å². The van der Waals surface area contributed by atoms with Crippen molar-refractivity contribution in [3.05, 3.63) is 77.9 Å². The number of nitrogen functional groups attached to an aromatic ring is 1. The van der Waals surface area contributed by atoms with E-state index in [2.05, 4.69) is 10.6 Å². The molecule has 1 aliphatic rings. The number of hydrogen-bond acceptors (Lipinski definition) is 8. The van der Waals surface area contributed by atoms with Gasteiger partial charge in [-0.25, -0.2) is 8.42 Å². The summed E-state index contributed by atoms with van der Waals surface area (Å²) in [5.74, 6) is -0.428. The van der Waals surface area contributed by atoms with Gasteiger partial charge in [-0.2, -0.15) is 4.31 Å². The van der Waals surface area contributed by atoms with Gasteiger partial charge in [0.1, 0.15) is 11.9 Å². The van der Waals surface area contributed by atoms with Crippen LogP contribution >= 0.6 is 0 Å². The molecule has 0 aromatic heterocycles. The van der Waals surface area contributed by atoms with E-state index in [1.54, 1.807) is 78.6 Å². The molecule has 0 bridgehead atoms. The fourth-order valence-electron chi connectivity index (χ4n) is 5.76. The standard InChI is InChI=1S/C37H49N5O7S/c1-25-14-17-30(18-15-25)50(47,48)41(4)23-34-26(2)22-42(27(3)24-43)37(46)21-28-20-29(16-19-33(28)49-34)39-35(44)12-6-5-7-13-36(45)40-32-11-9-8-10-31(32)38/h8-11,14-20,26-27,34,43H,5-7,12-13,21-24,38H2,1-4H3,(H,39,44)(H,40,45)/t26-,27-,34+/m1/s1. The van der Waals surface area contributed by atoms with Crippen LogP contribution in [0.3, 0.4) is 0 Å². The van der Waals surface area contributed by atoms with Crippen molar-refractivity contribution in [3.63, 3.8) is 0 Å². The van der Waals surface area contributed by atoms with Gasteiger partial charge in [0.2, 0.25) is 27.7 Å². The largest absolute Gasteiger partial charge is 0.488 e. The van der Waals surface area contributed by atoms with Crippen LogP contribution in [0.4, 0.5) is 17.1 Å². The summed E-state index contributed by atoms with van der Waals surface area (Å²) in [6, 6.07) is 18.3. The SMILES string of the molecule is Cc1ccc(S(=O)(=O)N(C)C[C@@H]2Oc3ccc(NC(=O)CCCCCC(=O)Nc4ccccc4N)cc3CC(=O)N([C@H](C)CO)C[C@H]2C)cc1. The van der Waals surface area contributed by atoms with Crippen LogP contribution in [0.1, 0.15) is 57.1 Å². The van der Waals surface area contributed by atoms with Crippen LogP contribution in [0.2, 0.25) is 0 Å². The number of fused-ring (bicyclic) bond motifs is 1. The summed E-state index contributed by atoms with van der Waals surface area (Å²) in [6.45, 7) is 5.58. The van der Waals surface area contributed by atoms with Crippen molar-refractivity contribution in [1.29, 1.82) is 0 Å². The summed E-state index contributed by atoms with van der Waals surface area (Å²) in [7, 11) is -2.31. The maximum atomic E-state index is 13.6. The van der Waals surface area contributed by atoms with Crippen molar-refractivity contribution in [2.24, 2.45) is 5.92 Å². The van der Waals surface area contributed by atoms with Gasteiger partial charge in [-0.15, -0.1) is 0 Å². The van der Waals surface area contributed by atoms with Gasteiger partial charge >= 0.3 is 0 Å². The molecule has 3 amide bonds. The van der Waals surface area contributed by atoms with Crippen LogP contribution in [0.5, 0.6) is 5.75 Å². The number of amides is 3. The summed E-state index contributed by atoms with van der Waals surface area (Å²) in [5.41, 5.74) is 8.94. The number of hydrogen-bond donors (Lipinski definition) is 4. The van der Waals surface area contributed by atoms with E-state index in [4.69, 9.17) is 10.5 Å². The molecule has 5 N–H and O–H groups in total. The Morgan fingerprint density at radius 2 is 1.68 bits per heavy atom. The molecule has 13 heteroatoms. The normalized spacial score (nSPS) is 17.2. The number of aryl methyl sites for hydroxylation is 1. The van der Waals surface area contributed by atoms with Gasteiger partial charge in [0.15, 0.2) is 0 Å². The quantitative estimate of drug-likeness (QED) is 0.139. The van der Waals surface area contributed by atoms with E-state index in [9.17, 15) is 27.9 Å². The molecule has 0 spiro atoms. The summed E-state index contributed by atoms with van der Waals surface area (Å²) in [4.78, 5) is 40.4. The zero-order chi connectivity index (χ0) is 36.4. The van der Waals surface area contributed by atoms with Crippen molar-refractivity contribution in [3.8, 4) is 5.75 Å². The van der Waals surface area contributed by atoms with E-state index >= 15 is 0 Å². The lowest BCUT2D eigenvalue weighted by molar-refractivity contribution is -0.134. The molecule has 0 aliphatic carbocycles. The number of para-hydroxylation sites is 2. The van der Waals surface area contributed by atoms with E-state index in [-0.39, 0.29) is 61.1 Å². The minimum absolute atomic E-state index is 0.0206. The first kappa shape index (κ1) is 38.3. The molecular formula is C37H49N5O7S. The predicted molar refractivity (Wildman–Crippen MR) is 194 cm³/mol. The number of rotatable bonds is 14. The lowest BCUT2D eigenvalue weighted by Gasteiger charge is -2.33. The minimum Gasteiger partial charge on any atom is -0.488 e. The number of sulfonamides is 1. The molecule has 0 fully saturated rings. The number of likely N-dealkylation sites (N-methyl/N-ethyl adjacent to an activating group) is 1. The van der Waals surface area contributed by atoms with Gasteiger partial charge in [-0.05, 0) is 69.2 Å². The highest BCUT2D eigenvalue weighted by Gasteiger charge is 2.33. The van der Waals surface area contributed by atoms with Gasteiger partial charge in [0.25, 0.3) is 0 Å². The van der Waals surface area contributed by atoms with Gasteiger partial charge < -0.3 is 31.1 Å². The number of carbonyl (C=O) groups is 3. The fourth-order valence-corrected chi connectivity index (χ4v) is 6.94. The van der Waals surface area contributed by atoms with Crippen molar-refractivity contribution < 1.29 is 32.6 Å². The minimum atomic E-state index is -3.82. The Balaban J connectivity index is 1.41. The van der Waals surface area contributed by atoms with Gasteiger partial charge in [-0.3, -0.25) is 14.4 Å². The van der Waals surface area contributed by atoms with Crippen LogP contribution in [-0.2, 0) is 30.8 Å². The van der Waals surface area contributed by atoms with E-state index in [0.29, 0.717) is 54.1 Å². The molecule has 50 heavy (non-hydrogen) atoms. The average Bonchev–Trinajstić information content (AvgIpc) is 3.12. The lowest BCUT2D eigenvalue weighted by Crippen LogP contribution is -2.48. The number of nitrogens with one attached hydrogen (secondary N) is 2. The summed E-state index contributed by atoms with van der Waals surface area (Å²) < 4.78 is 34.6. The molecule has 0 saturated heterocycles. The number of nitrogens with two attached hydrogens (primary N) is 1. The first-order valence-corrected chi connectivity index (χ1v) is 18.4. The number of anilines is 3. The lowest BCUT2D eigenvalue weighted by atomic mass is 10.0. The zero-order valence-electron chi connectivity index (χ0n) is 29.2. The molecule has 0 radical (unpaired) electrons. The Bertz CT molecular complexity index is 1750. The van der Waals surface area contributed by atoms with Crippen molar-refractivity contribution in [2.75, 3.05) is 43.1 Å². The van der Waals surface area contributed by atoms with Crippen molar-refractivity contribution in [1.82, 2.24) is 9.21 Å². The third kappa shape index (κ3) is 10.3.